The molecule has 146 valence electrons. The number of anilines is 1. The van der Waals surface area contributed by atoms with E-state index in [9.17, 15) is 4.79 Å². The van der Waals surface area contributed by atoms with E-state index in [1.165, 1.54) is 5.69 Å². The molecular formula is C23H21ClN4O. The molecule has 1 N–H and O–H groups in total. The van der Waals surface area contributed by atoms with Crippen LogP contribution in [0.15, 0.2) is 48.5 Å². The zero-order valence-corrected chi connectivity index (χ0v) is 16.7. The summed E-state index contributed by atoms with van der Waals surface area (Å²) in [4.78, 5) is 15.0. The van der Waals surface area contributed by atoms with E-state index >= 15 is 0 Å². The number of nitrogens with one attached hydrogen (secondary N) is 1. The van der Waals surface area contributed by atoms with Crippen LogP contribution in [0.3, 0.4) is 0 Å². The first-order chi connectivity index (χ1) is 14.1. The van der Waals surface area contributed by atoms with Gasteiger partial charge in [0, 0.05) is 59.9 Å². The van der Waals surface area contributed by atoms with Crippen molar-refractivity contribution in [2.24, 2.45) is 0 Å². The largest absolute Gasteiger partial charge is 0.343 e. The number of rotatable bonds is 5. The minimum Gasteiger partial charge on any atom is -0.343 e. The molecule has 29 heavy (non-hydrogen) atoms. The van der Waals surface area contributed by atoms with Crippen molar-refractivity contribution in [3.05, 3.63) is 64.8 Å². The summed E-state index contributed by atoms with van der Waals surface area (Å²) < 4.78 is 2.29. The molecule has 6 heteroatoms. The number of amides is 1. The lowest BCUT2D eigenvalue weighted by molar-refractivity contribution is -0.127. The van der Waals surface area contributed by atoms with Gasteiger partial charge in [-0.15, -0.1) is 0 Å². The number of unbranched alkanes of at least 4 members (excludes halogenated alkanes) is 1. The van der Waals surface area contributed by atoms with Gasteiger partial charge in [0.1, 0.15) is 5.41 Å². The highest BCUT2D eigenvalue weighted by molar-refractivity contribution is 6.31. The quantitative estimate of drug-likeness (QED) is 0.645. The highest BCUT2D eigenvalue weighted by Crippen LogP contribution is 2.44. The third kappa shape index (κ3) is 2.91. The second-order valence-electron chi connectivity index (χ2n) is 7.98. The highest BCUT2D eigenvalue weighted by atomic mass is 35.5. The summed E-state index contributed by atoms with van der Waals surface area (Å²) in [5.41, 5.74) is 3.97. The zero-order valence-electron chi connectivity index (χ0n) is 16.0. The molecule has 5 nitrogen and oxygen atoms in total. The van der Waals surface area contributed by atoms with Crippen molar-refractivity contribution in [2.45, 2.75) is 31.3 Å². The van der Waals surface area contributed by atoms with Crippen LogP contribution in [0, 0.1) is 11.3 Å². The fraction of sp³-hybridized carbons (Fsp3) is 0.304. The van der Waals surface area contributed by atoms with Gasteiger partial charge >= 0.3 is 0 Å². The second kappa shape index (κ2) is 6.91. The normalized spacial score (nSPS) is 17.2. The molecule has 2 aliphatic rings. The molecule has 0 radical (unpaired) electrons. The van der Waals surface area contributed by atoms with Gasteiger partial charge in [0.25, 0.3) is 0 Å². The Hall–Kier alpha value is -2.81. The van der Waals surface area contributed by atoms with Crippen molar-refractivity contribution >= 4 is 34.1 Å². The molecule has 0 bridgehead atoms. The number of carbonyl (C=O) groups excluding carboxylic acids is 1. The van der Waals surface area contributed by atoms with Gasteiger partial charge in [-0.05, 0) is 42.3 Å². The molecule has 1 aromatic heterocycles. The van der Waals surface area contributed by atoms with Crippen LogP contribution in [0.1, 0.15) is 24.1 Å². The Kier molecular flexibility index (Phi) is 4.34. The second-order valence-corrected chi connectivity index (χ2v) is 8.42. The molecule has 3 aromatic rings. The Balaban J connectivity index is 1.40. The van der Waals surface area contributed by atoms with Gasteiger partial charge in [-0.3, -0.25) is 9.69 Å². The first-order valence-corrected chi connectivity index (χ1v) is 10.3. The molecular weight excluding hydrogens is 384 g/mol. The topological polar surface area (TPSA) is 61.1 Å². The van der Waals surface area contributed by atoms with Gasteiger partial charge in [0.2, 0.25) is 5.91 Å². The molecule has 5 rings (SSSR count). The number of halogens is 1. The van der Waals surface area contributed by atoms with Gasteiger partial charge in [0.05, 0.1) is 6.07 Å². The van der Waals surface area contributed by atoms with Crippen molar-refractivity contribution in [2.75, 3.05) is 18.4 Å². The van der Waals surface area contributed by atoms with Gasteiger partial charge in [-0.1, -0.05) is 29.8 Å². The molecule has 1 saturated heterocycles. The molecule has 0 unspecified atom stereocenters. The Morgan fingerprint density at radius 2 is 2.00 bits per heavy atom. The average Bonchev–Trinajstić information content (AvgIpc) is 3.16. The number of likely N-dealkylation sites (tertiary alicyclic amines) is 1. The summed E-state index contributed by atoms with van der Waals surface area (Å²) in [6.07, 6.45) is 1.35. The Labute approximate surface area is 174 Å². The van der Waals surface area contributed by atoms with E-state index in [4.69, 9.17) is 16.9 Å². The van der Waals surface area contributed by atoms with E-state index in [1.807, 2.05) is 36.4 Å². The number of para-hydroxylation sites is 1. The summed E-state index contributed by atoms with van der Waals surface area (Å²) in [5, 5.41) is 13.8. The molecule has 0 atom stereocenters. The molecule has 1 amide bonds. The van der Waals surface area contributed by atoms with E-state index in [0.717, 1.165) is 59.8 Å². The third-order valence-electron chi connectivity index (χ3n) is 6.12. The predicted octanol–water partition coefficient (Wildman–Crippen LogP) is 4.30. The summed E-state index contributed by atoms with van der Waals surface area (Å²) in [6, 6.07) is 18.3. The van der Waals surface area contributed by atoms with Crippen LogP contribution in [-0.4, -0.2) is 28.5 Å². The van der Waals surface area contributed by atoms with Crippen molar-refractivity contribution in [1.82, 2.24) is 9.47 Å². The number of aromatic nitrogens is 1. The molecule has 0 saturated carbocycles. The minimum atomic E-state index is -0.419. The molecule has 3 heterocycles. The van der Waals surface area contributed by atoms with Gasteiger partial charge in [-0.25, -0.2) is 0 Å². The minimum absolute atomic E-state index is 0.108. The average molecular weight is 405 g/mol. The predicted molar refractivity (Wildman–Crippen MR) is 114 cm³/mol. The molecule has 0 aliphatic carbocycles. The van der Waals surface area contributed by atoms with E-state index in [2.05, 4.69) is 33.0 Å². The van der Waals surface area contributed by atoms with E-state index < -0.39 is 5.41 Å². The van der Waals surface area contributed by atoms with E-state index in [0.29, 0.717) is 6.42 Å². The van der Waals surface area contributed by atoms with Crippen molar-refractivity contribution in [3.8, 4) is 6.07 Å². The van der Waals surface area contributed by atoms with Gasteiger partial charge in [-0.2, -0.15) is 5.26 Å². The maximum atomic E-state index is 12.7. The fourth-order valence-corrected chi connectivity index (χ4v) is 4.94. The number of carbonyl (C=O) groups is 1. The van der Waals surface area contributed by atoms with Crippen molar-refractivity contribution in [1.29, 1.82) is 5.26 Å². The van der Waals surface area contributed by atoms with Gasteiger partial charge < -0.3 is 9.88 Å². The number of nitrogens with zero attached hydrogens (tertiary/aromatic N) is 3. The molecule has 1 spiro atoms. The maximum absolute atomic E-state index is 12.7. The maximum Gasteiger partial charge on any atom is 0.237 e. The van der Waals surface area contributed by atoms with Crippen LogP contribution in [0.2, 0.25) is 5.02 Å². The monoisotopic (exact) mass is 404 g/mol. The van der Waals surface area contributed by atoms with Crippen molar-refractivity contribution < 1.29 is 4.79 Å². The van der Waals surface area contributed by atoms with Crippen LogP contribution >= 0.6 is 11.6 Å². The Morgan fingerprint density at radius 3 is 2.83 bits per heavy atom. The summed E-state index contributed by atoms with van der Waals surface area (Å²) in [5.74, 6) is 0.108. The van der Waals surface area contributed by atoms with Crippen LogP contribution in [0.25, 0.3) is 10.9 Å². The summed E-state index contributed by atoms with van der Waals surface area (Å²) >= 11 is 6.19. The SMILES string of the molecule is N#CCCCn1c(CN2CC3(C2)C(=O)Nc2ccccc23)cc2cc(Cl)ccc21. The Morgan fingerprint density at radius 1 is 1.17 bits per heavy atom. The zero-order chi connectivity index (χ0) is 20.0. The first-order valence-electron chi connectivity index (χ1n) is 9.89. The first kappa shape index (κ1) is 18.2. The molecule has 2 aromatic carbocycles. The van der Waals surface area contributed by atoms with Gasteiger partial charge in [0.15, 0.2) is 0 Å². The standard InChI is InChI=1S/C23H21ClN4O/c24-17-7-8-21-16(11-17)12-18(28(21)10-4-3-9-25)13-27-14-23(15-27)19-5-1-2-6-20(19)26-22(23)29/h1-2,5-8,11-12H,3-4,10,13-15H2,(H,26,29). The summed E-state index contributed by atoms with van der Waals surface area (Å²) in [7, 11) is 0. The van der Waals surface area contributed by atoms with Crippen LogP contribution in [0.4, 0.5) is 5.69 Å². The smallest absolute Gasteiger partial charge is 0.237 e. The Bertz CT molecular complexity index is 1150. The number of hydrogen-bond acceptors (Lipinski definition) is 3. The number of fused-ring (bicyclic) bond motifs is 3. The fourth-order valence-electron chi connectivity index (χ4n) is 4.76. The lowest BCUT2D eigenvalue weighted by Gasteiger charge is -2.46. The lowest BCUT2D eigenvalue weighted by Crippen LogP contribution is -2.62. The third-order valence-corrected chi connectivity index (χ3v) is 6.35. The van der Waals surface area contributed by atoms with Crippen LogP contribution in [0.5, 0.6) is 0 Å². The number of nitriles is 1. The van der Waals surface area contributed by atoms with Crippen molar-refractivity contribution in [3.63, 3.8) is 0 Å². The van der Waals surface area contributed by atoms with E-state index in [-0.39, 0.29) is 5.91 Å². The highest BCUT2D eigenvalue weighted by Gasteiger charge is 2.54. The number of benzene rings is 2. The summed E-state index contributed by atoms with van der Waals surface area (Å²) in [6.45, 7) is 3.01. The lowest BCUT2D eigenvalue weighted by atomic mass is 9.74. The van der Waals surface area contributed by atoms with E-state index in [1.54, 1.807) is 0 Å². The molecule has 2 aliphatic heterocycles. The van der Waals surface area contributed by atoms with Crippen LogP contribution < -0.4 is 5.32 Å². The number of aryl methyl sites for hydroxylation is 1. The van der Waals surface area contributed by atoms with Crippen LogP contribution in [-0.2, 0) is 23.3 Å². The number of hydrogen-bond donors (Lipinski definition) is 1. The molecule has 1 fully saturated rings.